The van der Waals surface area contributed by atoms with Gasteiger partial charge < -0.3 is 5.32 Å². The molecule has 0 saturated heterocycles. The number of aromatic amines is 1. The fourth-order valence-electron chi connectivity index (χ4n) is 2.19. The van der Waals surface area contributed by atoms with Gasteiger partial charge in [-0.15, -0.1) is 5.10 Å². The number of carbonyl (C=O) groups is 1. The molecule has 142 valence electrons. The monoisotopic (exact) mass is 388 g/mol. The van der Waals surface area contributed by atoms with Gasteiger partial charge in [-0.2, -0.15) is 13.2 Å². The van der Waals surface area contributed by atoms with Crippen molar-refractivity contribution in [3.05, 3.63) is 40.3 Å². The van der Waals surface area contributed by atoms with Gasteiger partial charge in [0.05, 0.1) is 16.5 Å². The summed E-state index contributed by atoms with van der Waals surface area (Å²) in [6.07, 6.45) is -2.92. The summed E-state index contributed by atoms with van der Waals surface area (Å²) in [4.78, 5) is 24.1. The van der Waals surface area contributed by atoms with E-state index in [1.165, 1.54) is 22.8 Å². The molecule has 2 rings (SSSR count). The van der Waals surface area contributed by atoms with Crippen molar-refractivity contribution in [3.63, 3.8) is 0 Å². The van der Waals surface area contributed by atoms with Gasteiger partial charge in [0, 0.05) is 6.54 Å². The van der Waals surface area contributed by atoms with Crippen LogP contribution in [-0.2, 0) is 17.5 Å². The van der Waals surface area contributed by atoms with Crippen molar-refractivity contribution in [2.24, 2.45) is 0 Å². The van der Waals surface area contributed by atoms with Crippen LogP contribution in [0.15, 0.2) is 34.2 Å². The zero-order chi connectivity index (χ0) is 19.3. The predicted molar refractivity (Wildman–Crippen MR) is 93.1 cm³/mol. The predicted octanol–water partition coefficient (Wildman–Crippen LogP) is 3.51. The maximum atomic E-state index is 13.0. The van der Waals surface area contributed by atoms with E-state index in [1.807, 2.05) is 6.92 Å². The second-order valence-corrected chi connectivity index (χ2v) is 6.92. The average molecular weight is 388 g/mol. The van der Waals surface area contributed by atoms with Gasteiger partial charge in [0.1, 0.15) is 0 Å². The number of nitrogens with zero attached hydrogens (tertiary/aromatic N) is 2. The fraction of sp³-hybridized carbons (Fsp3) is 0.438. The van der Waals surface area contributed by atoms with Crippen LogP contribution in [0.2, 0.25) is 0 Å². The molecule has 0 fully saturated rings. The third-order valence-electron chi connectivity index (χ3n) is 3.60. The minimum atomic E-state index is -4.57. The standard InChI is InChI=1S/C16H19F3N4O2S/c1-3-4-9-23-14(25)21-22-15(23)26-10(2)13(24)20-12-8-6-5-7-11(12)16(17,18)19/h5-8,10H,3-4,9H2,1-2H3,(H,20,24)(H,21,25). The van der Waals surface area contributed by atoms with Gasteiger partial charge in [0.15, 0.2) is 5.16 Å². The summed E-state index contributed by atoms with van der Waals surface area (Å²) in [6, 6.07) is 4.78. The molecule has 10 heteroatoms. The van der Waals surface area contributed by atoms with Crippen molar-refractivity contribution in [1.82, 2.24) is 14.8 Å². The van der Waals surface area contributed by atoms with Crippen LogP contribution in [0.4, 0.5) is 18.9 Å². The third kappa shape index (κ3) is 4.90. The van der Waals surface area contributed by atoms with E-state index in [0.717, 1.165) is 30.7 Å². The molecule has 6 nitrogen and oxygen atoms in total. The largest absolute Gasteiger partial charge is 0.418 e. The van der Waals surface area contributed by atoms with Gasteiger partial charge in [-0.25, -0.2) is 9.89 Å². The van der Waals surface area contributed by atoms with Gasteiger partial charge in [-0.05, 0) is 25.5 Å². The number of alkyl halides is 3. The molecule has 0 radical (unpaired) electrons. The first-order valence-corrected chi connectivity index (χ1v) is 8.91. The molecule has 1 heterocycles. The first kappa shape index (κ1) is 20.1. The van der Waals surface area contributed by atoms with Crippen molar-refractivity contribution < 1.29 is 18.0 Å². The molecule has 1 atom stereocenters. The van der Waals surface area contributed by atoms with Gasteiger partial charge in [-0.1, -0.05) is 37.2 Å². The molecule has 0 aliphatic carbocycles. The van der Waals surface area contributed by atoms with E-state index in [-0.39, 0.29) is 11.4 Å². The maximum absolute atomic E-state index is 13.0. The Hall–Kier alpha value is -2.23. The molecule has 26 heavy (non-hydrogen) atoms. The van der Waals surface area contributed by atoms with Crippen molar-refractivity contribution in [1.29, 1.82) is 0 Å². The number of halogens is 3. The van der Waals surface area contributed by atoms with Crippen LogP contribution in [0.1, 0.15) is 32.3 Å². The number of unbranched alkanes of at least 4 members (excludes halogenated alkanes) is 1. The number of hydrogen-bond acceptors (Lipinski definition) is 4. The second kappa shape index (κ2) is 8.43. The summed E-state index contributed by atoms with van der Waals surface area (Å²) in [7, 11) is 0. The lowest BCUT2D eigenvalue weighted by Crippen LogP contribution is -2.25. The quantitative estimate of drug-likeness (QED) is 0.712. The molecule has 1 aromatic heterocycles. The Bertz CT molecular complexity index is 816. The summed E-state index contributed by atoms with van der Waals surface area (Å²) >= 11 is 1.01. The molecule has 0 spiro atoms. The summed E-state index contributed by atoms with van der Waals surface area (Å²) < 4.78 is 40.5. The Morgan fingerprint density at radius 3 is 2.73 bits per heavy atom. The Balaban J connectivity index is 2.11. The van der Waals surface area contributed by atoms with E-state index in [4.69, 9.17) is 0 Å². The number of H-pyrrole nitrogens is 1. The molecule has 2 N–H and O–H groups in total. The average Bonchev–Trinajstić information content (AvgIpc) is 2.92. The van der Waals surface area contributed by atoms with E-state index >= 15 is 0 Å². The van der Waals surface area contributed by atoms with E-state index < -0.39 is 22.9 Å². The van der Waals surface area contributed by atoms with Gasteiger partial charge in [0.25, 0.3) is 0 Å². The SMILES string of the molecule is CCCCn1c(SC(C)C(=O)Nc2ccccc2C(F)(F)F)n[nH]c1=O. The van der Waals surface area contributed by atoms with Crippen molar-refractivity contribution in [2.75, 3.05) is 5.32 Å². The molecular formula is C16H19F3N4O2S. The molecule has 0 aliphatic rings. The lowest BCUT2D eigenvalue weighted by atomic mass is 10.1. The number of hydrogen-bond donors (Lipinski definition) is 2. The molecule has 2 aromatic rings. The highest BCUT2D eigenvalue weighted by Gasteiger charge is 2.34. The Labute approximate surface area is 152 Å². The number of aromatic nitrogens is 3. The van der Waals surface area contributed by atoms with Crippen LogP contribution >= 0.6 is 11.8 Å². The van der Waals surface area contributed by atoms with Gasteiger partial charge in [-0.3, -0.25) is 9.36 Å². The summed E-state index contributed by atoms with van der Waals surface area (Å²) in [5, 5.41) is 8.10. The van der Waals surface area contributed by atoms with Crippen LogP contribution in [0, 0.1) is 0 Å². The van der Waals surface area contributed by atoms with Crippen LogP contribution in [0.5, 0.6) is 0 Å². The number of anilines is 1. The van der Waals surface area contributed by atoms with Crippen LogP contribution in [0.3, 0.4) is 0 Å². The highest BCUT2D eigenvalue weighted by atomic mass is 32.2. The highest BCUT2D eigenvalue weighted by molar-refractivity contribution is 8.00. The molecule has 1 aromatic carbocycles. The third-order valence-corrected chi connectivity index (χ3v) is 4.69. The number of para-hydroxylation sites is 1. The minimum Gasteiger partial charge on any atom is -0.325 e. The van der Waals surface area contributed by atoms with Crippen LogP contribution in [0.25, 0.3) is 0 Å². The van der Waals surface area contributed by atoms with Crippen molar-refractivity contribution in [3.8, 4) is 0 Å². The van der Waals surface area contributed by atoms with Crippen LogP contribution < -0.4 is 11.0 Å². The van der Waals surface area contributed by atoms with Gasteiger partial charge in [0.2, 0.25) is 5.91 Å². The number of carbonyl (C=O) groups excluding carboxylic acids is 1. The van der Waals surface area contributed by atoms with Crippen molar-refractivity contribution >= 4 is 23.4 Å². The zero-order valence-electron chi connectivity index (χ0n) is 14.3. The van der Waals surface area contributed by atoms with Crippen LogP contribution in [-0.4, -0.2) is 25.9 Å². The Morgan fingerprint density at radius 2 is 2.08 bits per heavy atom. The molecule has 1 amide bonds. The molecule has 1 unspecified atom stereocenters. The summed E-state index contributed by atoms with van der Waals surface area (Å²) in [6.45, 7) is 3.98. The molecule has 0 aliphatic heterocycles. The first-order valence-electron chi connectivity index (χ1n) is 8.03. The normalized spacial score (nSPS) is 12.8. The molecule has 0 saturated carbocycles. The number of amides is 1. The first-order chi connectivity index (χ1) is 12.2. The fourth-order valence-corrected chi connectivity index (χ4v) is 3.07. The zero-order valence-corrected chi connectivity index (χ0v) is 15.1. The molecular weight excluding hydrogens is 369 g/mol. The second-order valence-electron chi connectivity index (χ2n) is 5.61. The van der Waals surface area contributed by atoms with E-state index in [2.05, 4.69) is 15.5 Å². The smallest absolute Gasteiger partial charge is 0.325 e. The lowest BCUT2D eigenvalue weighted by molar-refractivity contribution is -0.137. The number of nitrogens with one attached hydrogen (secondary N) is 2. The van der Waals surface area contributed by atoms with Crippen molar-refractivity contribution in [2.45, 2.75) is 49.8 Å². The van der Waals surface area contributed by atoms with E-state index in [1.54, 1.807) is 6.92 Å². The Kier molecular flexibility index (Phi) is 6.52. The lowest BCUT2D eigenvalue weighted by Gasteiger charge is -2.16. The topological polar surface area (TPSA) is 79.8 Å². The Morgan fingerprint density at radius 1 is 1.38 bits per heavy atom. The minimum absolute atomic E-state index is 0.303. The highest BCUT2D eigenvalue weighted by Crippen LogP contribution is 2.35. The summed E-state index contributed by atoms with van der Waals surface area (Å²) in [5.74, 6) is -0.607. The van der Waals surface area contributed by atoms with Gasteiger partial charge >= 0.3 is 11.9 Å². The maximum Gasteiger partial charge on any atom is 0.418 e. The van der Waals surface area contributed by atoms with E-state index in [9.17, 15) is 22.8 Å². The number of rotatable bonds is 7. The molecule has 0 bridgehead atoms. The summed E-state index contributed by atoms with van der Waals surface area (Å²) in [5.41, 5.74) is -1.59. The number of benzene rings is 1. The number of thioether (sulfide) groups is 1. The van der Waals surface area contributed by atoms with E-state index in [0.29, 0.717) is 11.7 Å².